The molecular weight excluding hydrogens is 252 g/mol. The first-order chi connectivity index (χ1) is 8.60. The number of aliphatic hydroxyl groups is 2. The summed E-state index contributed by atoms with van der Waals surface area (Å²) < 4.78 is 0. The largest absolute Gasteiger partial charge is 0.481 e. The summed E-state index contributed by atoms with van der Waals surface area (Å²) in [5.41, 5.74) is 3.36. The molecule has 8 heteroatoms. The first-order valence-electron chi connectivity index (χ1n) is 5.82. The molecule has 0 bridgehead atoms. The average molecular weight is 272 g/mol. The molecule has 2 unspecified atom stereocenters. The van der Waals surface area contributed by atoms with E-state index in [1.54, 1.807) is 0 Å². The lowest BCUT2D eigenvalue weighted by Crippen LogP contribution is -2.35. The fourth-order valence-electron chi connectivity index (χ4n) is 1.17. The van der Waals surface area contributed by atoms with Crippen LogP contribution in [0.25, 0.3) is 0 Å². The van der Waals surface area contributed by atoms with Crippen molar-refractivity contribution in [2.45, 2.75) is 57.0 Å². The molecule has 2 atom stereocenters. The van der Waals surface area contributed by atoms with Crippen LogP contribution in [0.4, 0.5) is 0 Å². The normalized spacial score (nSPS) is 17.9. The lowest BCUT2D eigenvalue weighted by atomic mass is 9.99. The molecule has 5 N–H and O–H groups in total. The molecule has 0 radical (unpaired) electrons. The van der Waals surface area contributed by atoms with Crippen LogP contribution in [0.15, 0.2) is 10.2 Å². The average Bonchev–Trinajstić information content (AvgIpc) is 2.32. The van der Waals surface area contributed by atoms with Crippen LogP contribution in [0, 0.1) is 11.3 Å². The van der Waals surface area contributed by atoms with E-state index >= 15 is 0 Å². The number of hydrogen-bond donors (Lipinski definition) is 4. The van der Waals surface area contributed by atoms with Crippen LogP contribution < -0.4 is 5.73 Å². The Morgan fingerprint density at radius 2 is 1.95 bits per heavy atom. The molecule has 19 heavy (non-hydrogen) atoms. The van der Waals surface area contributed by atoms with Crippen molar-refractivity contribution < 1.29 is 20.1 Å². The molecule has 0 aliphatic heterocycles. The number of nitrogens with two attached hydrogens (primary N) is 1. The predicted octanol–water partition coefficient (Wildman–Crippen LogP) is 0.351. The molecular formula is C11H20N4O4. The summed E-state index contributed by atoms with van der Waals surface area (Å²) in [4.78, 5) is 10.4. The van der Waals surface area contributed by atoms with Crippen LogP contribution in [-0.4, -0.2) is 38.8 Å². The van der Waals surface area contributed by atoms with Gasteiger partial charge in [-0.25, -0.2) is 0 Å². The maximum Gasteiger partial charge on any atom is 0.303 e. The number of hydrogen-bond acceptors (Lipinski definition) is 7. The summed E-state index contributed by atoms with van der Waals surface area (Å²) >= 11 is 0. The quantitative estimate of drug-likeness (QED) is 0.369. The van der Waals surface area contributed by atoms with E-state index in [1.807, 2.05) is 6.07 Å². The Balaban J connectivity index is 4.62. The minimum absolute atomic E-state index is 0.0144. The summed E-state index contributed by atoms with van der Waals surface area (Å²) in [6.45, 7) is 3.00. The van der Waals surface area contributed by atoms with Gasteiger partial charge in [0.2, 0.25) is 0 Å². The first kappa shape index (κ1) is 17.4. The molecule has 0 heterocycles. The van der Waals surface area contributed by atoms with Crippen LogP contribution in [0.2, 0.25) is 0 Å². The van der Waals surface area contributed by atoms with Gasteiger partial charge in [0, 0.05) is 12.8 Å². The Hall–Kier alpha value is -1.56. The predicted molar refractivity (Wildman–Crippen MR) is 65.8 cm³/mol. The topological polar surface area (TPSA) is 152 Å². The lowest BCUT2D eigenvalue weighted by Gasteiger charge is -2.21. The van der Waals surface area contributed by atoms with Crippen LogP contribution in [0.1, 0.15) is 39.5 Å². The third kappa shape index (κ3) is 8.20. The van der Waals surface area contributed by atoms with E-state index in [0.717, 1.165) is 0 Å². The van der Waals surface area contributed by atoms with Crippen molar-refractivity contribution in [3.8, 4) is 6.07 Å². The molecule has 0 aliphatic carbocycles. The molecule has 108 valence electrons. The lowest BCUT2D eigenvalue weighted by molar-refractivity contribution is -0.137. The zero-order chi connectivity index (χ0) is 15.1. The van der Waals surface area contributed by atoms with E-state index in [9.17, 15) is 4.79 Å². The number of nitrogens with zero attached hydrogens (tertiary/aromatic N) is 3. The van der Waals surface area contributed by atoms with Gasteiger partial charge in [-0.05, 0) is 26.7 Å². The maximum atomic E-state index is 10.4. The number of carboxylic acids is 1. The summed E-state index contributed by atoms with van der Waals surface area (Å²) in [5.74, 6) is -0.988. The summed E-state index contributed by atoms with van der Waals surface area (Å²) in [5, 5.41) is 42.7. The Morgan fingerprint density at radius 1 is 1.37 bits per heavy atom. The number of nitriles is 1. The molecule has 0 saturated carbocycles. The van der Waals surface area contributed by atoms with Crippen molar-refractivity contribution in [2.75, 3.05) is 0 Å². The van der Waals surface area contributed by atoms with Gasteiger partial charge in [0.05, 0.1) is 6.07 Å². The summed E-state index contributed by atoms with van der Waals surface area (Å²) in [6, 6.07) is 1.92. The number of carbonyl (C=O) groups is 1. The van der Waals surface area contributed by atoms with Gasteiger partial charge in [0.1, 0.15) is 5.66 Å². The minimum Gasteiger partial charge on any atom is -0.481 e. The van der Waals surface area contributed by atoms with E-state index in [4.69, 9.17) is 26.3 Å². The van der Waals surface area contributed by atoms with Crippen molar-refractivity contribution in [3.05, 3.63) is 0 Å². The van der Waals surface area contributed by atoms with E-state index in [-0.39, 0.29) is 25.7 Å². The van der Waals surface area contributed by atoms with Crippen LogP contribution in [-0.2, 0) is 4.79 Å². The standard InChI is InChI=1S/C11H20N4O4/c1-10(7-12,5-3-8(16)17)14-15-11(2,13)6-4-9(18)19/h8,16-17H,3-6,13H2,1-2H3,(H,18,19)/b15-14+. The van der Waals surface area contributed by atoms with Crippen LogP contribution in [0.5, 0.6) is 0 Å². The Labute approximate surface area is 111 Å². The second-order valence-corrected chi connectivity index (χ2v) is 4.86. The Bertz CT molecular complexity index is 375. The highest BCUT2D eigenvalue weighted by Crippen LogP contribution is 2.21. The van der Waals surface area contributed by atoms with Crippen LogP contribution in [0.3, 0.4) is 0 Å². The van der Waals surface area contributed by atoms with Gasteiger partial charge < -0.3 is 21.1 Å². The molecule has 0 aromatic rings. The van der Waals surface area contributed by atoms with Gasteiger partial charge in [-0.2, -0.15) is 15.5 Å². The fourth-order valence-corrected chi connectivity index (χ4v) is 1.17. The zero-order valence-corrected chi connectivity index (χ0v) is 11.1. The zero-order valence-electron chi connectivity index (χ0n) is 11.1. The highest BCUT2D eigenvalue weighted by molar-refractivity contribution is 5.66. The van der Waals surface area contributed by atoms with Crippen molar-refractivity contribution in [1.82, 2.24) is 0 Å². The van der Waals surface area contributed by atoms with Gasteiger partial charge in [0.15, 0.2) is 11.8 Å². The second-order valence-electron chi connectivity index (χ2n) is 4.86. The van der Waals surface area contributed by atoms with E-state index < -0.39 is 23.5 Å². The molecule has 8 nitrogen and oxygen atoms in total. The van der Waals surface area contributed by atoms with E-state index in [2.05, 4.69) is 10.2 Å². The molecule has 0 aromatic heterocycles. The van der Waals surface area contributed by atoms with Crippen molar-refractivity contribution in [2.24, 2.45) is 16.0 Å². The molecule has 0 spiro atoms. The molecule has 0 saturated heterocycles. The SMILES string of the molecule is CC(N)(CCC(=O)O)/N=N/C(C)(C#N)CCC(O)O. The number of carboxylic acid groups (broad SMARTS) is 1. The van der Waals surface area contributed by atoms with Crippen molar-refractivity contribution in [1.29, 1.82) is 5.26 Å². The highest BCUT2D eigenvalue weighted by atomic mass is 16.5. The third-order valence-corrected chi connectivity index (χ3v) is 2.47. The van der Waals surface area contributed by atoms with Crippen molar-refractivity contribution >= 4 is 5.97 Å². The van der Waals surface area contributed by atoms with Gasteiger partial charge in [-0.1, -0.05) is 0 Å². The van der Waals surface area contributed by atoms with Gasteiger partial charge in [0.25, 0.3) is 0 Å². The van der Waals surface area contributed by atoms with E-state index in [1.165, 1.54) is 13.8 Å². The molecule has 0 aromatic carbocycles. The number of azo groups is 1. The molecule has 0 aliphatic rings. The molecule has 0 fully saturated rings. The molecule has 0 amide bonds. The first-order valence-corrected chi connectivity index (χ1v) is 5.82. The van der Waals surface area contributed by atoms with Crippen LogP contribution >= 0.6 is 0 Å². The second kappa shape index (κ2) is 7.13. The highest BCUT2D eigenvalue weighted by Gasteiger charge is 2.26. The Morgan fingerprint density at radius 3 is 2.37 bits per heavy atom. The Kier molecular flexibility index (Phi) is 6.55. The van der Waals surface area contributed by atoms with Crippen molar-refractivity contribution in [3.63, 3.8) is 0 Å². The molecule has 0 rings (SSSR count). The fraction of sp³-hybridized carbons (Fsp3) is 0.818. The van der Waals surface area contributed by atoms with Gasteiger partial charge in [-0.15, -0.1) is 0 Å². The summed E-state index contributed by atoms with van der Waals surface area (Å²) in [7, 11) is 0. The monoisotopic (exact) mass is 272 g/mol. The minimum atomic E-state index is -1.51. The number of aliphatic carboxylic acids is 1. The number of aliphatic hydroxyl groups excluding tert-OH is 1. The third-order valence-electron chi connectivity index (χ3n) is 2.47. The smallest absolute Gasteiger partial charge is 0.303 e. The van der Waals surface area contributed by atoms with Gasteiger partial charge in [-0.3, -0.25) is 4.79 Å². The number of rotatable bonds is 8. The van der Waals surface area contributed by atoms with E-state index in [0.29, 0.717) is 0 Å². The van der Waals surface area contributed by atoms with Gasteiger partial charge >= 0.3 is 5.97 Å². The maximum absolute atomic E-state index is 10.4. The summed E-state index contributed by atoms with van der Waals surface area (Å²) in [6.07, 6.45) is -1.47.